The van der Waals surface area contributed by atoms with E-state index in [-0.39, 0.29) is 0 Å². The molecule has 0 N–H and O–H groups in total. The van der Waals surface area contributed by atoms with Crippen LogP contribution in [0.15, 0.2) is 0 Å². The van der Waals surface area contributed by atoms with Crippen LogP contribution >= 0.6 is 15.9 Å². The highest BCUT2D eigenvalue weighted by molar-refractivity contribution is 9.09. The van der Waals surface area contributed by atoms with Crippen LogP contribution in [0.3, 0.4) is 0 Å². The van der Waals surface area contributed by atoms with Gasteiger partial charge in [0.1, 0.15) is 0 Å². The SMILES string of the molecule is CC1COCCC1Br. The van der Waals surface area contributed by atoms with Gasteiger partial charge < -0.3 is 4.74 Å². The Bertz CT molecular complexity index is 64.9. The Morgan fingerprint density at radius 3 is 2.75 bits per heavy atom. The van der Waals surface area contributed by atoms with Crippen LogP contribution in [-0.4, -0.2) is 18.0 Å². The lowest BCUT2D eigenvalue weighted by Crippen LogP contribution is -2.24. The maximum Gasteiger partial charge on any atom is 0.0502 e. The third kappa shape index (κ3) is 1.46. The topological polar surface area (TPSA) is 9.23 Å². The summed E-state index contributed by atoms with van der Waals surface area (Å²) in [7, 11) is 0. The molecule has 48 valence electrons. The van der Waals surface area contributed by atoms with Crippen molar-refractivity contribution >= 4 is 15.9 Å². The van der Waals surface area contributed by atoms with Crippen LogP contribution < -0.4 is 0 Å². The summed E-state index contributed by atoms with van der Waals surface area (Å²) in [5, 5.41) is 0. The second-order valence-corrected chi connectivity index (χ2v) is 3.53. The lowest BCUT2D eigenvalue weighted by molar-refractivity contribution is 0.0669. The summed E-state index contributed by atoms with van der Waals surface area (Å²) in [6.07, 6.45) is 1.17. The standard InChI is InChI=1S/C6H11BrO/c1-5-4-8-3-2-6(5)7/h5-6H,2-4H2,1H3. The van der Waals surface area contributed by atoms with E-state index < -0.39 is 0 Å². The Kier molecular flexibility index (Phi) is 2.32. The van der Waals surface area contributed by atoms with E-state index >= 15 is 0 Å². The number of hydrogen-bond acceptors (Lipinski definition) is 1. The molecule has 0 aliphatic carbocycles. The summed E-state index contributed by atoms with van der Waals surface area (Å²) in [5.41, 5.74) is 0. The zero-order chi connectivity index (χ0) is 5.98. The first-order valence-corrected chi connectivity index (χ1v) is 3.94. The fourth-order valence-electron chi connectivity index (χ4n) is 0.854. The van der Waals surface area contributed by atoms with Gasteiger partial charge in [-0.1, -0.05) is 22.9 Å². The maximum absolute atomic E-state index is 5.22. The van der Waals surface area contributed by atoms with Crippen molar-refractivity contribution in [3.8, 4) is 0 Å². The molecular formula is C6H11BrO. The third-order valence-corrected chi connectivity index (χ3v) is 2.90. The summed E-state index contributed by atoms with van der Waals surface area (Å²) in [5.74, 6) is 0.698. The molecule has 0 aromatic heterocycles. The molecule has 0 bridgehead atoms. The van der Waals surface area contributed by atoms with Crippen LogP contribution in [0.1, 0.15) is 13.3 Å². The Morgan fingerprint density at radius 1 is 1.62 bits per heavy atom. The van der Waals surface area contributed by atoms with E-state index in [1.807, 2.05) is 0 Å². The van der Waals surface area contributed by atoms with Crippen LogP contribution in [0.2, 0.25) is 0 Å². The van der Waals surface area contributed by atoms with Gasteiger partial charge in [-0.05, 0) is 12.3 Å². The van der Waals surface area contributed by atoms with Crippen molar-refractivity contribution in [1.82, 2.24) is 0 Å². The van der Waals surface area contributed by atoms with E-state index in [2.05, 4.69) is 22.9 Å². The quantitative estimate of drug-likeness (QED) is 0.515. The third-order valence-electron chi connectivity index (χ3n) is 1.54. The molecule has 0 spiro atoms. The highest BCUT2D eigenvalue weighted by atomic mass is 79.9. The van der Waals surface area contributed by atoms with Crippen molar-refractivity contribution in [3.05, 3.63) is 0 Å². The Hall–Kier alpha value is 0.440. The van der Waals surface area contributed by atoms with Crippen molar-refractivity contribution in [2.45, 2.75) is 18.2 Å². The Balaban J connectivity index is 2.28. The number of ether oxygens (including phenoxy) is 1. The van der Waals surface area contributed by atoms with Crippen molar-refractivity contribution in [2.24, 2.45) is 5.92 Å². The van der Waals surface area contributed by atoms with Crippen LogP contribution in [0.5, 0.6) is 0 Å². The molecule has 0 aromatic rings. The monoisotopic (exact) mass is 178 g/mol. The number of rotatable bonds is 0. The summed E-state index contributed by atoms with van der Waals surface area (Å²) < 4.78 is 5.22. The Labute approximate surface area is 58.5 Å². The molecule has 2 heteroatoms. The molecule has 0 radical (unpaired) electrons. The van der Waals surface area contributed by atoms with Crippen LogP contribution in [0.25, 0.3) is 0 Å². The molecule has 1 nitrogen and oxygen atoms in total. The second kappa shape index (κ2) is 2.83. The minimum atomic E-state index is 0.691. The number of hydrogen-bond donors (Lipinski definition) is 0. The van der Waals surface area contributed by atoms with Gasteiger partial charge in [0.25, 0.3) is 0 Å². The van der Waals surface area contributed by atoms with Crippen molar-refractivity contribution in [1.29, 1.82) is 0 Å². The fraction of sp³-hybridized carbons (Fsp3) is 1.00. The van der Waals surface area contributed by atoms with Gasteiger partial charge in [0.2, 0.25) is 0 Å². The lowest BCUT2D eigenvalue weighted by atomic mass is 10.1. The first kappa shape index (κ1) is 6.56. The zero-order valence-electron chi connectivity index (χ0n) is 5.06. The van der Waals surface area contributed by atoms with E-state index in [0.717, 1.165) is 13.2 Å². The molecular weight excluding hydrogens is 168 g/mol. The van der Waals surface area contributed by atoms with E-state index in [1.54, 1.807) is 0 Å². The van der Waals surface area contributed by atoms with E-state index in [0.29, 0.717) is 10.7 Å². The molecule has 8 heavy (non-hydrogen) atoms. The molecule has 1 fully saturated rings. The molecule has 1 saturated heterocycles. The minimum absolute atomic E-state index is 0.691. The zero-order valence-corrected chi connectivity index (χ0v) is 6.65. The molecule has 1 aliphatic rings. The largest absolute Gasteiger partial charge is 0.381 e. The van der Waals surface area contributed by atoms with Crippen molar-refractivity contribution in [3.63, 3.8) is 0 Å². The first-order valence-electron chi connectivity index (χ1n) is 3.02. The molecule has 2 unspecified atom stereocenters. The summed E-state index contributed by atoms with van der Waals surface area (Å²) in [4.78, 5) is 0.691. The molecule has 0 aromatic carbocycles. The molecule has 1 rings (SSSR count). The summed E-state index contributed by atoms with van der Waals surface area (Å²) >= 11 is 3.57. The summed E-state index contributed by atoms with van der Waals surface area (Å²) in [6, 6.07) is 0. The first-order chi connectivity index (χ1) is 3.80. The van der Waals surface area contributed by atoms with E-state index in [4.69, 9.17) is 4.74 Å². The predicted molar refractivity (Wildman–Crippen MR) is 37.3 cm³/mol. The lowest BCUT2D eigenvalue weighted by Gasteiger charge is -2.23. The van der Waals surface area contributed by atoms with Gasteiger partial charge >= 0.3 is 0 Å². The van der Waals surface area contributed by atoms with Gasteiger partial charge in [-0.25, -0.2) is 0 Å². The van der Waals surface area contributed by atoms with Gasteiger partial charge in [-0.2, -0.15) is 0 Å². The second-order valence-electron chi connectivity index (χ2n) is 2.36. The summed E-state index contributed by atoms with van der Waals surface area (Å²) in [6.45, 7) is 4.06. The van der Waals surface area contributed by atoms with Gasteiger partial charge in [-0.15, -0.1) is 0 Å². The van der Waals surface area contributed by atoms with E-state index in [1.165, 1.54) is 6.42 Å². The average Bonchev–Trinajstić information content (AvgIpc) is 1.77. The molecule has 1 aliphatic heterocycles. The average molecular weight is 179 g/mol. The van der Waals surface area contributed by atoms with Crippen molar-refractivity contribution in [2.75, 3.05) is 13.2 Å². The molecule has 0 amide bonds. The Morgan fingerprint density at radius 2 is 2.38 bits per heavy atom. The van der Waals surface area contributed by atoms with Crippen LogP contribution in [0, 0.1) is 5.92 Å². The minimum Gasteiger partial charge on any atom is -0.381 e. The molecule has 0 saturated carbocycles. The normalized spacial score (nSPS) is 39.8. The molecule has 2 atom stereocenters. The van der Waals surface area contributed by atoms with Crippen molar-refractivity contribution < 1.29 is 4.74 Å². The highest BCUT2D eigenvalue weighted by Crippen LogP contribution is 2.20. The van der Waals surface area contributed by atoms with Gasteiger partial charge in [-0.3, -0.25) is 0 Å². The molecule has 1 heterocycles. The smallest absolute Gasteiger partial charge is 0.0502 e. The maximum atomic E-state index is 5.22. The van der Waals surface area contributed by atoms with E-state index in [9.17, 15) is 0 Å². The fourth-order valence-corrected chi connectivity index (χ4v) is 1.19. The van der Waals surface area contributed by atoms with Gasteiger partial charge in [0, 0.05) is 11.4 Å². The van der Waals surface area contributed by atoms with Gasteiger partial charge in [0.15, 0.2) is 0 Å². The number of alkyl halides is 1. The number of halogens is 1. The van der Waals surface area contributed by atoms with Crippen LogP contribution in [0.4, 0.5) is 0 Å². The van der Waals surface area contributed by atoms with Gasteiger partial charge in [0.05, 0.1) is 6.61 Å². The predicted octanol–water partition coefficient (Wildman–Crippen LogP) is 1.81. The highest BCUT2D eigenvalue weighted by Gasteiger charge is 2.17. The van der Waals surface area contributed by atoms with Crippen LogP contribution in [-0.2, 0) is 4.74 Å².